The summed E-state index contributed by atoms with van der Waals surface area (Å²) in [7, 11) is -1.44. The van der Waals surface area contributed by atoms with Gasteiger partial charge >= 0.3 is 7.12 Å². The fourth-order valence-corrected chi connectivity index (χ4v) is 15.9. The van der Waals surface area contributed by atoms with Gasteiger partial charge in [0.1, 0.15) is 0 Å². The third-order valence-electron chi connectivity index (χ3n) is 21.0. The number of hydrogen-bond donors (Lipinski definition) is 2. The molecule has 0 unspecified atom stereocenters. The Morgan fingerprint density at radius 1 is 0.260 bits per heavy atom. The zero-order valence-electron chi connectivity index (χ0n) is 55.0. The Kier molecular flexibility index (Phi) is 14.5. The molecule has 8 heteroatoms. The lowest BCUT2D eigenvalue weighted by molar-refractivity contribution is 0.425. The van der Waals surface area contributed by atoms with Gasteiger partial charge in [0.05, 0.1) is 22.8 Å². The van der Waals surface area contributed by atoms with Crippen molar-refractivity contribution in [2.24, 2.45) is 0 Å². The van der Waals surface area contributed by atoms with Crippen LogP contribution in [0.5, 0.6) is 0 Å². The Balaban J connectivity index is 0.000000123. The standard InChI is InChI=1S/C44H34N2.C24H23BO2.C20H13ClN2/c1-43(2)36-17-11-10-16-32(36)34-24-39-35(25-38(34)43)33-21-20-31(23-37(33)44(39,3)4)42-45-40(28-13-6-5-7-14-28)26-41(46-42)30-19-18-27-12-8-9-15-29(27)22-30;1-23(2)19-8-6-5-7-15(19)17-12-22-18(13-21(17)23)16-10-9-14(25(26)27)11-20(16)24(22,3)4;21-20-22-18(15-7-2-1-3-8-15)13-19(23-20)17-11-10-14-6-4-5-9-16(14)12-17/h5-26H,1-4H3;5-13,26-27H,1-4H3;1-13H. The first-order chi connectivity index (χ1) is 46.3. The van der Waals surface area contributed by atoms with Crippen molar-refractivity contribution in [1.82, 2.24) is 19.9 Å². The van der Waals surface area contributed by atoms with Crippen LogP contribution in [-0.2, 0) is 21.7 Å². The number of rotatable bonds is 6. The highest BCUT2D eigenvalue weighted by Crippen LogP contribution is 2.58. The molecule has 0 atom stereocenters. The van der Waals surface area contributed by atoms with Crippen molar-refractivity contribution in [3.05, 3.63) is 317 Å². The molecule has 0 saturated heterocycles. The van der Waals surface area contributed by atoms with Crippen molar-refractivity contribution in [3.63, 3.8) is 0 Å². The van der Waals surface area contributed by atoms with Gasteiger partial charge in [0.15, 0.2) is 5.82 Å². The molecule has 14 aromatic rings. The third-order valence-corrected chi connectivity index (χ3v) is 21.2. The number of aromatic nitrogens is 4. The van der Waals surface area contributed by atoms with Crippen LogP contribution in [0.2, 0.25) is 5.28 Å². The van der Waals surface area contributed by atoms with Gasteiger partial charge in [0.2, 0.25) is 5.28 Å². The van der Waals surface area contributed by atoms with Crippen molar-refractivity contribution in [1.29, 1.82) is 0 Å². The summed E-state index contributed by atoms with van der Waals surface area (Å²) in [6.07, 6.45) is 0. The van der Waals surface area contributed by atoms with E-state index >= 15 is 0 Å². The van der Waals surface area contributed by atoms with E-state index in [9.17, 15) is 10.0 Å². The Morgan fingerprint density at radius 3 is 1.05 bits per heavy atom. The van der Waals surface area contributed by atoms with Gasteiger partial charge < -0.3 is 10.0 Å². The number of nitrogens with zero attached hydrogens (tertiary/aromatic N) is 4. The highest BCUT2D eigenvalue weighted by atomic mass is 35.5. The summed E-state index contributed by atoms with van der Waals surface area (Å²) >= 11 is 6.15. The normalized spacial score (nSPS) is 14.5. The van der Waals surface area contributed by atoms with E-state index in [-0.39, 0.29) is 26.9 Å². The minimum atomic E-state index is -1.44. The molecule has 6 nitrogen and oxygen atoms in total. The van der Waals surface area contributed by atoms with Crippen LogP contribution >= 0.6 is 11.6 Å². The number of halogens is 1. The van der Waals surface area contributed by atoms with Crippen LogP contribution in [0.25, 0.3) is 122 Å². The van der Waals surface area contributed by atoms with Crippen LogP contribution in [0.15, 0.2) is 267 Å². The van der Waals surface area contributed by atoms with Crippen molar-refractivity contribution in [3.8, 4) is 101 Å². The second kappa shape index (κ2) is 22.9. The van der Waals surface area contributed by atoms with Gasteiger partial charge in [-0.15, -0.1) is 0 Å². The predicted octanol–water partition coefficient (Wildman–Crippen LogP) is 20.8. The minimum Gasteiger partial charge on any atom is -0.423 e. The topological polar surface area (TPSA) is 92.0 Å². The summed E-state index contributed by atoms with van der Waals surface area (Å²) in [5.41, 5.74) is 30.3. The molecule has 96 heavy (non-hydrogen) atoms. The molecular weight excluding hydrogens is 1190 g/mol. The van der Waals surface area contributed by atoms with E-state index in [0.717, 1.165) is 62.0 Å². The monoisotopic (exact) mass is 1260 g/mol. The zero-order valence-corrected chi connectivity index (χ0v) is 55.8. The van der Waals surface area contributed by atoms with Crippen LogP contribution < -0.4 is 5.46 Å². The van der Waals surface area contributed by atoms with Crippen molar-refractivity contribution >= 4 is 45.7 Å². The molecule has 0 spiro atoms. The van der Waals surface area contributed by atoms with Crippen LogP contribution in [-0.4, -0.2) is 37.1 Å². The van der Waals surface area contributed by atoms with Gasteiger partial charge in [0, 0.05) is 49.5 Å². The lowest BCUT2D eigenvalue weighted by Crippen LogP contribution is -2.31. The summed E-state index contributed by atoms with van der Waals surface area (Å²) in [5, 5.41) is 24.3. The van der Waals surface area contributed by atoms with Crippen molar-refractivity contribution < 1.29 is 10.0 Å². The van der Waals surface area contributed by atoms with Crippen LogP contribution in [0, 0.1) is 0 Å². The van der Waals surface area contributed by atoms with Crippen molar-refractivity contribution in [2.75, 3.05) is 0 Å². The summed E-state index contributed by atoms with van der Waals surface area (Å²) in [4.78, 5) is 19.1. The SMILES string of the molecule is CC1(C)c2ccccc2-c2cc3c(cc21)-c1ccc(-c2nc(-c4ccccc4)cc(-c4ccc5ccccc5c4)n2)cc1C3(C)C.CC1(C)c2ccccc2-c2cc3c(cc21)-c1ccc(B(O)O)cc1C3(C)C.Clc1nc(-c2ccccc2)cc(-c2ccc3ccccc3c2)n1. The Bertz CT molecular complexity index is 5480. The summed E-state index contributed by atoms with van der Waals surface area (Å²) in [5.74, 6) is 0.747. The lowest BCUT2D eigenvalue weighted by Gasteiger charge is -2.24. The predicted molar refractivity (Wildman–Crippen MR) is 398 cm³/mol. The number of benzene rings is 12. The summed E-state index contributed by atoms with van der Waals surface area (Å²) in [6, 6.07) is 94.1. The zero-order chi connectivity index (χ0) is 66.0. The molecule has 0 saturated carbocycles. The molecule has 0 bridgehead atoms. The van der Waals surface area contributed by atoms with E-state index in [2.05, 4.69) is 259 Å². The van der Waals surface area contributed by atoms with Gasteiger partial charge in [-0.2, -0.15) is 0 Å². The molecule has 0 radical (unpaired) electrons. The highest BCUT2D eigenvalue weighted by molar-refractivity contribution is 6.58. The van der Waals surface area contributed by atoms with Gasteiger partial charge in [-0.05, 0) is 182 Å². The van der Waals surface area contributed by atoms with E-state index in [1.54, 1.807) is 0 Å². The van der Waals surface area contributed by atoms with Crippen LogP contribution in [0.3, 0.4) is 0 Å². The molecule has 12 aromatic carbocycles. The van der Waals surface area contributed by atoms with E-state index in [1.165, 1.54) is 105 Å². The average Bonchev–Trinajstić information content (AvgIpc) is 1.55. The fraction of sp³-hybridized carbons (Fsp3) is 0.136. The first kappa shape index (κ1) is 60.5. The van der Waals surface area contributed by atoms with E-state index in [4.69, 9.17) is 21.6 Å². The van der Waals surface area contributed by atoms with Gasteiger partial charge in [0.25, 0.3) is 0 Å². The largest absolute Gasteiger partial charge is 0.488 e. The summed E-state index contributed by atoms with van der Waals surface area (Å²) in [6.45, 7) is 18.5. The van der Waals surface area contributed by atoms with Crippen LogP contribution in [0.4, 0.5) is 0 Å². The van der Waals surface area contributed by atoms with E-state index in [0.29, 0.717) is 5.46 Å². The molecule has 0 amide bonds. The molecule has 0 fully saturated rings. The maximum atomic E-state index is 9.61. The van der Waals surface area contributed by atoms with Crippen LogP contribution in [0.1, 0.15) is 99.9 Å². The first-order valence-electron chi connectivity index (χ1n) is 33.1. The molecule has 0 aliphatic heterocycles. The maximum Gasteiger partial charge on any atom is 0.488 e. The first-order valence-corrected chi connectivity index (χ1v) is 33.5. The molecule has 2 aromatic heterocycles. The van der Waals surface area contributed by atoms with Crippen molar-refractivity contribution in [2.45, 2.75) is 77.0 Å². The average molecular weight is 1260 g/mol. The van der Waals surface area contributed by atoms with E-state index in [1.807, 2.05) is 72.8 Å². The fourth-order valence-electron chi connectivity index (χ4n) is 15.7. The number of hydrogen-bond acceptors (Lipinski definition) is 6. The lowest BCUT2D eigenvalue weighted by atomic mass is 9.75. The molecule has 2 N–H and O–H groups in total. The minimum absolute atomic E-state index is 0.0188. The molecule has 464 valence electrons. The second-order valence-corrected chi connectivity index (χ2v) is 28.5. The Morgan fingerprint density at radius 2 is 0.594 bits per heavy atom. The smallest absolute Gasteiger partial charge is 0.423 e. The molecule has 2 heterocycles. The molecule has 4 aliphatic rings. The van der Waals surface area contributed by atoms with Gasteiger partial charge in [-0.25, -0.2) is 19.9 Å². The number of fused-ring (bicyclic) bond motifs is 14. The molecular formula is C88H70BClN4O2. The highest BCUT2D eigenvalue weighted by Gasteiger charge is 2.44. The quantitative estimate of drug-likeness (QED) is 0.127. The maximum absolute atomic E-state index is 9.61. The summed E-state index contributed by atoms with van der Waals surface area (Å²) < 4.78 is 0. The Labute approximate surface area is 566 Å². The molecule has 18 rings (SSSR count). The van der Waals surface area contributed by atoms with Gasteiger partial charge in [-0.3, -0.25) is 0 Å². The third kappa shape index (κ3) is 10.1. The van der Waals surface area contributed by atoms with E-state index < -0.39 is 7.12 Å². The molecule has 4 aliphatic carbocycles. The Hall–Kier alpha value is -10.4. The second-order valence-electron chi connectivity index (χ2n) is 28.1. The van der Waals surface area contributed by atoms with Gasteiger partial charge in [-0.1, -0.05) is 268 Å².